The van der Waals surface area contributed by atoms with Crippen LogP contribution in [0.3, 0.4) is 0 Å². The molecule has 2 N–H and O–H groups in total. The second-order valence-corrected chi connectivity index (χ2v) is 7.07. The second kappa shape index (κ2) is 21.5. The molecule has 5 nitrogen and oxygen atoms in total. The zero-order chi connectivity index (χ0) is 19.5. The van der Waals surface area contributed by atoms with Gasteiger partial charge in [-0.05, 0) is 19.3 Å². The Morgan fingerprint density at radius 2 is 1.19 bits per heavy atom. The maximum atomic E-state index is 11.8. The van der Waals surface area contributed by atoms with Crippen LogP contribution in [0.15, 0.2) is 0 Å². The minimum atomic E-state index is -0.739. The third-order valence-corrected chi connectivity index (χ3v) is 4.47. The van der Waals surface area contributed by atoms with Crippen LogP contribution in [0.2, 0.25) is 0 Å². The molecule has 0 saturated heterocycles. The summed E-state index contributed by atoms with van der Waals surface area (Å²) in [5.41, 5.74) is 5.79. The Labute approximate surface area is 172 Å². The van der Waals surface area contributed by atoms with Crippen LogP contribution < -0.4 is 5.73 Å². The predicted molar refractivity (Wildman–Crippen MR) is 113 cm³/mol. The van der Waals surface area contributed by atoms with Crippen molar-refractivity contribution in [3.8, 4) is 0 Å². The van der Waals surface area contributed by atoms with Crippen LogP contribution in [0.4, 0.5) is 0 Å². The number of ether oxygens (including phenoxy) is 2. The summed E-state index contributed by atoms with van der Waals surface area (Å²) >= 11 is 0. The summed E-state index contributed by atoms with van der Waals surface area (Å²) in [6.07, 6.45) is 14.3. The van der Waals surface area contributed by atoms with Gasteiger partial charge in [0.15, 0.2) is 0 Å². The first-order chi connectivity index (χ1) is 12.6. The Morgan fingerprint density at radius 1 is 0.741 bits per heavy atom. The lowest BCUT2D eigenvalue weighted by molar-refractivity contribution is -0.146. The van der Waals surface area contributed by atoms with E-state index in [9.17, 15) is 9.59 Å². The molecule has 0 spiro atoms. The highest BCUT2D eigenvalue weighted by atomic mass is 35.5. The first kappa shape index (κ1) is 28.4. The number of esters is 2. The highest BCUT2D eigenvalue weighted by molar-refractivity contribution is 5.85. The van der Waals surface area contributed by atoms with Gasteiger partial charge in [-0.1, -0.05) is 78.1 Å². The number of nitrogens with two attached hydrogens (primary N) is 1. The lowest BCUT2D eigenvalue weighted by Gasteiger charge is -2.11. The van der Waals surface area contributed by atoms with Crippen LogP contribution in [-0.4, -0.2) is 31.2 Å². The van der Waals surface area contributed by atoms with Gasteiger partial charge in [-0.2, -0.15) is 0 Å². The second-order valence-electron chi connectivity index (χ2n) is 7.07. The average molecular weight is 408 g/mol. The fraction of sp³-hybridized carbons (Fsp3) is 0.905. The molecule has 0 saturated carbocycles. The van der Waals surface area contributed by atoms with Gasteiger partial charge in [0.2, 0.25) is 0 Å². The van der Waals surface area contributed by atoms with E-state index in [-0.39, 0.29) is 31.2 Å². The van der Waals surface area contributed by atoms with Gasteiger partial charge in [0.1, 0.15) is 6.04 Å². The van der Waals surface area contributed by atoms with E-state index in [4.69, 9.17) is 15.2 Å². The fourth-order valence-electron chi connectivity index (χ4n) is 2.69. The van der Waals surface area contributed by atoms with Crippen molar-refractivity contribution in [2.45, 2.75) is 110 Å². The Balaban J connectivity index is 0. The predicted octanol–water partition coefficient (Wildman–Crippen LogP) is 5.32. The fourth-order valence-corrected chi connectivity index (χ4v) is 2.69. The lowest BCUT2D eigenvalue weighted by atomic mass is 10.1. The molecule has 0 aromatic heterocycles. The molecule has 27 heavy (non-hydrogen) atoms. The minimum absolute atomic E-state index is 0. The summed E-state index contributed by atoms with van der Waals surface area (Å²) in [7, 11) is 0. The topological polar surface area (TPSA) is 78.6 Å². The quantitative estimate of drug-likeness (QED) is 0.245. The smallest absolute Gasteiger partial charge is 0.322 e. The van der Waals surface area contributed by atoms with Crippen molar-refractivity contribution in [1.29, 1.82) is 0 Å². The van der Waals surface area contributed by atoms with Gasteiger partial charge in [-0.25, -0.2) is 0 Å². The molecular weight excluding hydrogens is 366 g/mol. The van der Waals surface area contributed by atoms with Gasteiger partial charge in [0.25, 0.3) is 0 Å². The van der Waals surface area contributed by atoms with E-state index >= 15 is 0 Å². The molecule has 0 fully saturated rings. The SMILES string of the molecule is CCCCCCCCOC(=O)CC[C@H](N)C(=O)OCCCCCCCC.Cl. The van der Waals surface area contributed by atoms with Crippen LogP contribution in [0.1, 0.15) is 104 Å². The molecule has 0 rings (SSSR count). The maximum Gasteiger partial charge on any atom is 0.322 e. The van der Waals surface area contributed by atoms with Crippen LogP contribution in [0, 0.1) is 0 Å². The molecule has 6 heteroatoms. The first-order valence-corrected chi connectivity index (χ1v) is 10.7. The Kier molecular flexibility index (Phi) is 22.6. The zero-order valence-electron chi connectivity index (χ0n) is 17.5. The van der Waals surface area contributed by atoms with Crippen molar-refractivity contribution in [3.05, 3.63) is 0 Å². The van der Waals surface area contributed by atoms with E-state index in [1.807, 2.05) is 0 Å². The molecule has 0 amide bonds. The molecule has 0 bridgehead atoms. The number of carbonyl (C=O) groups excluding carboxylic acids is 2. The maximum absolute atomic E-state index is 11.8. The molecule has 0 aliphatic carbocycles. The molecule has 0 heterocycles. The molecular formula is C21H42ClNO4. The van der Waals surface area contributed by atoms with Gasteiger partial charge in [-0.15, -0.1) is 12.4 Å². The standard InChI is InChI=1S/C21H41NO4.ClH/c1-3-5-7-9-11-13-17-25-20(23)16-15-19(22)21(24)26-18-14-12-10-8-6-4-2;/h19H,3-18,22H2,1-2H3;1H/t19-;/m0./s1. The van der Waals surface area contributed by atoms with Crippen molar-refractivity contribution in [1.82, 2.24) is 0 Å². The van der Waals surface area contributed by atoms with Crippen LogP contribution in [0.5, 0.6) is 0 Å². The van der Waals surface area contributed by atoms with E-state index in [0.717, 1.165) is 25.7 Å². The highest BCUT2D eigenvalue weighted by Gasteiger charge is 2.17. The lowest BCUT2D eigenvalue weighted by Crippen LogP contribution is -2.33. The first-order valence-electron chi connectivity index (χ1n) is 10.7. The van der Waals surface area contributed by atoms with Gasteiger partial charge in [-0.3, -0.25) is 9.59 Å². The van der Waals surface area contributed by atoms with Gasteiger partial charge >= 0.3 is 11.9 Å². The van der Waals surface area contributed by atoms with E-state index in [0.29, 0.717) is 13.2 Å². The van der Waals surface area contributed by atoms with E-state index in [1.54, 1.807) is 0 Å². The molecule has 0 unspecified atom stereocenters. The van der Waals surface area contributed by atoms with Gasteiger partial charge < -0.3 is 15.2 Å². The monoisotopic (exact) mass is 407 g/mol. The largest absolute Gasteiger partial charge is 0.466 e. The average Bonchev–Trinajstić information content (AvgIpc) is 2.64. The van der Waals surface area contributed by atoms with E-state index in [2.05, 4.69) is 13.8 Å². The van der Waals surface area contributed by atoms with Crippen molar-refractivity contribution < 1.29 is 19.1 Å². The summed E-state index contributed by atoms with van der Waals surface area (Å²) in [5.74, 6) is -0.694. The van der Waals surface area contributed by atoms with Gasteiger partial charge in [0, 0.05) is 6.42 Å². The van der Waals surface area contributed by atoms with Crippen molar-refractivity contribution in [3.63, 3.8) is 0 Å². The number of unbranched alkanes of at least 4 members (excludes halogenated alkanes) is 10. The van der Waals surface area contributed by atoms with E-state index in [1.165, 1.54) is 51.4 Å². The Hall–Kier alpha value is -0.810. The number of halogens is 1. The molecule has 1 atom stereocenters. The van der Waals surface area contributed by atoms with E-state index < -0.39 is 12.0 Å². The van der Waals surface area contributed by atoms with Crippen LogP contribution in [-0.2, 0) is 19.1 Å². The normalized spacial score (nSPS) is 11.5. The molecule has 0 aliphatic heterocycles. The summed E-state index contributed by atoms with van der Waals surface area (Å²) < 4.78 is 10.3. The number of hydrogen-bond acceptors (Lipinski definition) is 5. The Morgan fingerprint density at radius 3 is 1.70 bits per heavy atom. The zero-order valence-corrected chi connectivity index (χ0v) is 18.3. The summed E-state index contributed by atoms with van der Waals surface area (Å²) in [6.45, 7) is 5.26. The molecule has 0 aromatic carbocycles. The summed E-state index contributed by atoms with van der Waals surface area (Å²) in [4.78, 5) is 23.4. The molecule has 0 radical (unpaired) electrons. The molecule has 0 aromatic rings. The molecule has 0 aliphatic rings. The number of rotatable bonds is 18. The van der Waals surface area contributed by atoms with Crippen molar-refractivity contribution >= 4 is 24.3 Å². The number of carbonyl (C=O) groups is 2. The van der Waals surface area contributed by atoms with Crippen LogP contribution >= 0.6 is 12.4 Å². The summed E-state index contributed by atoms with van der Waals surface area (Å²) in [6, 6.07) is -0.739. The van der Waals surface area contributed by atoms with Gasteiger partial charge in [0.05, 0.1) is 13.2 Å². The van der Waals surface area contributed by atoms with Crippen molar-refractivity contribution in [2.24, 2.45) is 5.73 Å². The Bertz CT molecular complexity index is 353. The highest BCUT2D eigenvalue weighted by Crippen LogP contribution is 2.07. The third kappa shape index (κ3) is 19.7. The van der Waals surface area contributed by atoms with Crippen molar-refractivity contribution in [2.75, 3.05) is 13.2 Å². The van der Waals surface area contributed by atoms with Crippen LogP contribution in [0.25, 0.3) is 0 Å². The minimum Gasteiger partial charge on any atom is -0.466 e. The third-order valence-electron chi connectivity index (χ3n) is 4.47. The number of hydrogen-bond donors (Lipinski definition) is 1. The molecule has 162 valence electrons. The summed E-state index contributed by atoms with van der Waals surface area (Å²) in [5, 5.41) is 0.